The lowest BCUT2D eigenvalue weighted by molar-refractivity contribution is -0.126. The molecule has 0 unspecified atom stereocenters. The molecule has 1 amide bonds. The van der Waals surface area contributed by atoms with E-state index in [1.54, 1.807) is 12.1 Å². The molecular formula is C22H26Cl2N2O3S. The highest BCUT2D eigenvalue weighted by molar-refractivity contribution is 7.89. The van der Waals surface area contributed by atoms with Gasteiger partial charge in [-0.05, 0) is 54.8 Å². The SMILES string of the molecule is CC(C)(CNC(=O)C1CCN(S(=O)(=O)c2ccc(Cl)cc2)CC1)c1cccc(Cl)c1. The number of carbonyl (C=O) groups excluding carboxylic acids is 1. The third-order valence-corrected chi connectivity index (χ3v) is 7.99. The highest BCUT2D eigenvalue weighted by Crippen LogP contribution is 2.27. The first kappa shape index (κ1) is 23.1. The fourth-order valence-electron chi connectivity index (χ4n) is 3.58. The number of halogens is 2. The van der Waals surface area contributed by atoms with Crippen LogP contribution < -0.4 is 5.32 Å². The van der Waals surface area contributed by atoms with Crippen LogP contribution in [0.1, 0.15) is 32.3 Å². The number of benzene rings is 2. The van der Waals surface area contributed by atoms with Gasteiger partial charge in [0.2, 0.25) is 15.9 Å². The Kier molecular flexibility index (Phi) is 7.13. The van der Waals surface area contributed by atoms with Gasteiger partial charge in [0, 0.05) is 41.0 Å². The van der Waals surface area contributed by atoms with Crippen molar-refractivity contribution in [3.8, 4) is 0 Å². The summed E-state index contributed by atoms with van der Waals surface area (Å²) in [7, 11) is -3.57. The summed E-state index contributed by atoms with van der Waals surface area (Å²) in [6, 6.07) is 13.8. The Balaban J connectivity index is 1.56. The van der Waals surface area contributed by atoms with Crippen molar-refractivity contribution >= 4 is 39.1 Å². The van der Waals surface area contributed by atoms with E-state index in [-0.39, 0.29) is 22.1 Å². The standard InChI is InChI=1S/C22H26Cl2N2O3S/c1-22(2,17-4-3-5-19(24)14-17)15-25-21(27)16-10-12-26(13-11-16)30(28,29)20-8-6-18(23)7-9-20/h3-9,14,16H,10-13,15H2,1-2H3,(H,25,27). The van der Waals surface area contributed by atoms with Gasteiger partial charge in [-0.1, -0.05) is 49.2 Å². The molecule has 8 heteroatoms. The Bertz CT molecular complexity index is 999. The molecule has 0 aromatic heterocycles. The third kappa shape index (κ3) is 5.35. The van der Waals surface area contributed by atoms with Gasteiger partial charge in [-0.25, -0.2) is 8.42 Å². The fraction of sp³-hybridized carbons (Fsp3) is 0.409. The van der Waals surface area contributed by atoms with Gasteiger partial charge in [0.05, 0.1) is 4.90 Å². The summed E-state index contributed by atoms with van der Waals surface area (Å²) in [5.41, 5.74) is 0.790. The second kappa shape index (κ2) is 9.27. The zero-order chi connectivity index (χ0) is 21.9. The molecular weight excluding hydrogens is 443 g/mol. The van der Waals surface area contributed by atoms with Gasteiger partial charge in [0.15, 0.2) is 0 Å². The number of nitrogens with zero attached hydrogens (tertiary/aromatic N) is 1. The van der Waals surface area contributed by atoms with E-state index in [1.807, 2.05) is 24.3 Å². The predicted octanol–water partition coefficient (Wildman–Crippen LogP) is 4.49. The molecule has 0 atom stereocenters. The van der Waals surface area contributed by atoms with Crippen molar-refractivity contribution in [3.63, 3.8) is 0 Å². The van der Waals surface area contributed by atoms with E-state index in [0.29, 0.717) is 42.5 Å². The van der Waals surface area contributed by atoms with Crippen molar-refractivity contribution in [1.29, 1.82) is 0 Å². The van der Waals surface area contributed by atoms with Gasteiger partial charge in [-0.2, -0.15) is 4.31 Å². The summed E-state index contributed by atoms with van der Waals surface area (Å²) in [6.45, 7) is 5.23. The van der Waals surface area contributed by atoms with Crippen molar-refractivity contribution < 1.29 is 13.2 Å². The largest absolute Gasteiger partial charge is 0.355 e. The van der Waals surface area contributed by atoms with Gasteiger partial charge >= 0.3 is 0 Å². The normalized spacial score (nSPS) is 16.4. The Morgan fingerprint density at radius 2 is 1.70 bits per heavy atom. The number of piperidine rings is 1. The van der Waals surface area contributed by atoms with E-state index in [2.05, 4.69) is 19.2 Å². The fourth-order valence-corrected chi connectivity index (χ4v) is 5.36. The summed E-state index contributed by atoms with van der Waals surface area (Å²) < 4.78 is 27.0. The van der Waals surface area contributed by atoms with Crippen LogP contribution in [-0.4, -0.2) is 38.3 Å². The summed E-state index contributed by atoms with van der Waals surface area (Å²) in [5, 5.41) is 4.20. The first-order chi connectivity index (χ1) is 14.1. The average Bonchev–Trinajstić information content (AvgIpc) is 2.72. The number of carbonyl (C=O) groups is 1. The van der Waals surface area contributed by atoms with E-state index in [4.69, 9.17) is 23.2 Å². The van der Waals surface area contributed by atoms with Gasteiger partial charge in [-0.15, -0.1) is 0 Å². The van der Waals surface area contributed by atoms with Crippen molar-refractivity contribution in [2.75, 3.05) is 19.6 Å². The molecule has 1 saturated heterocycles. The zero-order valence-electron chi connectivity index (χ0n) is 17.1. The van der Waals surface area contributed by atoms with Crippen LogP contribution in [0.15, 0.2) is 53.4 Å². The molecule has 30 heavy (non-hydrogen) atoms. The molecule has 1 aliphatic heterocycles. The maximum atomic E-state index is 12.8. The van der Waals surface area contributed by atoms with Crippen LogP contribution >= 0.6 is 23.2 Å². The Morgan fingerprint density at radius 1 is 1.07 bits per heavy atom. The van der Waals surface area contributed by atoms with Gasteiger partial charge in [-0.3, -0.25) is 4.79 Å². The van der Waals surface area contributed by atoms with E-state index in [1.165, 1.54) is 16.4 Å². The second-order valence-corrected chi connectivity index (χ2v) is 11.1. The third-order valence-electron chi connectivity index (χ3n) is 5.59. The van der Waals surface area contributed by atoms with Crippen LogP contribution in [0.25, 0.3) is 0 Å². The van der Waals surface area contributed by atoms with Crippen molar-refractivity contribution in [2.45, 2.75) is 37.0 Å². The van der Waals surface area contributed by atoms with Crippen LogP contribution in [0.3, 0.4) is 0 Å². The van der Waals surface area contributed by atoms with Crippen molar-refractivity contribution in [3.05, 3.63) is 64.1 Å². The zero-order valence-corrected chi connectivity index (χ0v) is 19.4. The lowest BCUT2D eigenvalue weighted by Crippen LogP contribution is -2.45. The van der Waals surface area contributed by atoms with Crippen LogP contribution in [0.2, 0.25) is 10.0 Å². The van der Waals surface area contributed by atoms with Crippen molar-refractivity contribution in [2.24, 2.45) is 5.92 Å². The van der Waals surface area contributed by atoms with E-state index in [0.717, 1.165) is 5.56 Å². The van der Waals surface area contributed by atoms with Gasteiger partial charge in [0.25, 0.3) is 0 Å². The number of amides is 1. The molecule has 2 aromatic carbocycles. The molecule has 0 radical (unpaired) electrons. The number of hydrogen-bond acceptors (Lipinski definition) is 3. The number of hydrogen-bond donors (Lipinski definition) is 1. The molecule has 162 valence electrons. The minimum absolute atomic E-state index is 0.0337. The lowest BCUT2D eigenvalue weighted by atomic mass is 9.84. The average molecular weight is 469 g/mol. The lowest BCUT2D eigenvalue weighted by Gasteiger charge is -2.32. The van der Waals surface area contributed by atoms with Gasteiger partial charge < -0.3 is 5.32 Å². The van der Waals surface area contributed by atoms with Crippen LogP contribution in [0.5, 0.6) is 0 Å². The van der Waals surface area contributed by atoms with Crippen LogP contribution in [-0.2, 0) is 20.2 Å². The van der Waals surface area contributed by atoms with E-state index in [9.17, 15) is 13.2 Å². The second-order valence-electron chi connectivity index (χ2n) is 8.24. The number of sulfonamides is 1. The molecule has 0 aliphatic carbocycles. The molecule has 1 N–H and O–H groups in total. The Labute approximate surface area is 188 Å². The van der Waals surface area contributed by atoms with Crippen LogP contribution in [0.4, 0.5) is 0 Å². The molecule has 1 heterocycles. The minimum atomic E-state index is -3.57. The maximum absolute atomic E-state index is 12.8. The molecule has 1 fully saturated rings. The van der Waals surface area contributed by atoms with E-state index >= 15 is 0 Å². The first-order valence-electron chi connectivity index (χ1n) is 9.89. The number of nitrogens with one attached hydrogen (secondary N) is 1. The smallest absolute Gasteiger partial charge is 0.243 e. The molecule has 2 aromatic rings. The van der Waals surface area contributed by atoms with Gasteiger partial charge in [0.1, 0.15) is 0 Å². The molecule has 5 nitrogen and oxygen atoms in total. The Hall–Kier alpha value is -1.60. The molecule has 0 saturated carbocycles. The predicted molar refractivity (Wildman–Crippen MR) is 120 cm³/mol. The topological polar surface area (TPSA) is 66.5 Å². The first-order valence-corrected chi connectivity index (χ1v) is 12.1. The summed E-state index contributed by atoms with van der Waals surface area (Å²) in [4.78, 5) is 12.9. The highest BCUT2D eigenvalue weighted by Gasteiger charge is 2.32. The maximum Gasteiger partial charge on any atom is 0.243 e. The molecule has 0 spiro atoms. The summed E-state index contributed by atoms with van der Waals surface area (Å²) in [6.07, 6.45) is 0.993. The minimum Gasteiger partial charge on any atom is -0.355 e. The van der Waals surface area contributed by atoms with Crippen molar-refractivity contribution in [1.82, 2.24) is 9.62 Å². The molecule has 1 aliphatic rings. The number of rotatable bonds is 6. The molecule has 3 rings (SSSR count). The quantitative estimate of drug-likeness (QED) is 0.678. The Morgan fingerprint density at radius 3 is 2.30 bits per heavy atom. The van der Waals surface area contributed by atoms with Crippen LogP contribution in [0, 0.1) is 5.92 Å². The monoisotopic (exact) mass is 468 g/mol. The highest BCUT2D eigenvalue weighted by atomic mass is 35.5. The van der Waals surface area contributed by atoms with E-state index < -0.39 is 10.0 Å². The summed E-state index contributed by atoms with van der Waals surface area (Å²) >= 11 is 11.9. The molecule has 0 bridgehead atoms. The summed E-state index contributed by atoms with van der Waals surface area (Å²) in [5.74, 6) is -0.231.